The van der Waals surface area contributed by atoms with Crippen molar-refractivity contribution in [2.24, 2.45) is 5.92 Å². The van der Waals surface area contributed by atoms with E-state index in [4.69, 9.17) is 14.5 Å². The molecule has 0 saturated heterocycles. The van der Waals surface area contributed by atoms with Crippen LogP contribution in [-0.4, -0.2) is 35.3 Å². The molecule has 0 bridgehead atoms. The molecule has 0 fully saturated rings. The zero-order valence-electron chi connectivity index (χ0n) is 19.7. The van der Waals surface area contributed by atoms with Crippen LogP contribution in [0.25, 0.3) is 32.4 Å². The van der Waals surface area contributed by atoms with Gasteiger partial charge >= 0.3 is 5.97 Å². The number of carboxylic acid groups (broad SMARTS) is 1. The number of benzene rings is 2. The first-order valence-corrected chi connectivity index (χ1v) is 11.9. The van der Waals surface area contributed by atoms with Gasteiger partial charge in [-0.05, 0) is 77.6 Å². The first-order valence-electron chi connectivity index (χ1n) is 11.1. The van der Waals surface area contributed by atoms with Gasteiger partial charge < -0.3 is 19.6 Å². The van der Waals surface area contributed by atoms with Crippen molar-refractivity contribution >= 4 is 17.3 Å². The molecule has 176 valence electrons. The summed E-state index contributed by atoms with van der Waals surface area (Å²) in [4.78, 5) is 20.9. The van der Waals surface area contributed by atoms with Crippen molar-refractivity contribution in [1.82, 2.24) is 9.97 Å². The van der Waals surface area contributed by atoms with Crippen LogP contribution < -0.4 is 9.47 Å². The lowest BCUT2D eigenvalue weighted by Crippen LogP contribution is -2.04. The molecular formula is C27H28N2O4S. The van der Waals surface area contributed by atoms with E-state index in [-0.39, 0.29) is 6.42 Å². The lowest BCUT2D eigenvalue weighted by molar-refractivity contribution is -0.136. The van der Waals surface area contributed by atoms with Crippen LogP contribution in [0.15, 0.2) is 54.7 Å². The molecule has 6 nitrogen and oxygen atoms in total. The number of thiazole rings is 1. The number of hydrogen-bond donors (Lipinski definition) is 2. The van der Waals surface area contributed by atoms with Gasteiger partial charge in [-0.3, -0.25) is 4.79 Å². The summed E-state index contributed by atoms with van der Waals surface area (Å²) in [6.45, 7) is 4.27. The second-order valence-corrected chi connectivity index (χ2v) is 9.49. The van der Waals surface area contributed by atoms with Crippen LogP contribution in [0.1, 0.15) is 25.0 Å². The topological polar surface area (TPSA) is 84.4 Å². The van der Waals surface area contributed by atoms with Gasteiger partial charge in [-0.25, -0.2) is 4.98 Å². The van der Waals surface area contributed by atoms with Gasteiger partial charge in [-0.15, -0.1) is 11.3 Å². The molecule has 0 radical (unpaired) electrons. The van der Waals surface area contributed by atoms with Crippen LogP contribution in [0.3, 0.4) is 0 Å². The number of nitrogens with one attached hydrogen (secondary N) is 1. The SMILES string of the molecule is COc1ccc(-c2nc(-c3[nH]cc(CC(=O)O)c3CC(C)C)sc2-c2ccc(OC)cc2)cc1. The van der Waals surface area contributed by atoms with Crippen LogP contribution in [0.5, 0.6) is 11.5 Å². The van der Waals surface area contributed by atoms with E-state index in [0.717, 1.165) is 61.4 Å². The minimum absolute atomic E-state index is 0.0133. The van der Waals surface area contributed by atoms with Crippen molar-refractivity contribution in [3.05, 3.63) is 65.9 Å². The molecule has 0 aliphatic carbocycles. The van der Waals surface area contributed by atoms with Crippen molar-refractivity contribution in [3.8, 4) is 43.9 Å². The van der Waals surface area contributed by atoms with E-state index < -0.39 is 5.97 Å². The number of nitrogens with zero attached hydrogens (tertiary/aromatic N) is 1. The first kappa shape index (κ1) is 23.6. The predicted molar refractivity (Wildman–Crippen MR) is 136 cm³/mol. The Morgan fingerprint density at radius 1 is 1.00 bits per heavy atom. The van der Waals surface area contributed by atoms with Gasteiger partial charge in [-0.1, -0.05) is 13.8 Å². The summed E-state index contributed by atoms with van der Waals surface area (Å²) >= 11 is 1.60. The van der Waals surface area contributed by atoms with Crippen molar-refractivity contribution in [1.29, 1.82) is 0 Å². The molecule has 34 heavy (non-hydrogen) atoms. The zero-order chi connectivity index (χ0) is 24.2. The third-order valence-electron chi connectivity index (χ3n) is 5.59. The van der Waals surface area contributed by atoms with E-state index in [1.54, 1.807) is 25.6 Å². The third kappa shape index (κ3) is 4.99. The van der Waals surface area contributed by atoms with Crippen molar-refractivity contribution in [2.45, 2.75) is 26.7 Å². The molecule has 0 spiro atoms. The lowest BCUT2D eigenvalue weighted by Gasteiger charge is -2.08. The molecule has 7 heteroatoms. The summed E-state index contributed by atoms with van der Waals surface area (Å²) in [5.41, 5.74) is 5.62. The standard InChI is InChI=1S/C27H28N2O4S/c1-16(2)13-22-19(14-23(30)31)15-28-25(22)27-29-24(17-5-9-20(32-3)10-6-17)26(34-27)18-7-11-21(33-4)12-8-18/h5-12,15-16,28H,13-14H2,1-4H3,(H,30,31). The summed E-state index contributed by atoms with van der Waals surface area (Å²) in [5, 5.41) is 10.2. The van der Waals surface area contributed by atoms with Crippen LogP contribution in [0, 0.1) is 5.92 Å². The molecule has 0 amide bonds. The van der Waals surface area contributed by atoms with Gasteiger partial charge in [0.05, 0.1) is 36.9 Å². The summed E-state index contributed by atoms with van der Waals surface area (Å²) in [5.74, 6) is 1.12. The highest BCUT2D eigenvalue weighted by atomic mass is 32.1. The fourth-order valence-electron chi connectivity index (χ4n) is 3.96. The second kappa shape index (κ2) is 10.1. The highest BCUT2D eigenvalue weighted by molar-refractivity contribution is 7.19. The Bertz CT molecular complexity index is 1210. The highest BCUT2D eigenvalue weighted by Crippen LogP contribution is 2.42. The molecule has 2 aromatic heterocycles. The number of aliphatic carboxylic acids is 1. The number of ether oxygens (including phenoxy) is 2. The Kier molecular flexibility index (Phi) is 7.03. The maximum absolute atomic E-state index is 11.4. The quantitative estimate of drug-likeness (QED) is 0.295. The molecule has 0 unspecified atom stereocenters. The van der Waals surface area contributed by atoms with Crippen molar-refractivity contribution in [3.63, 3.8) is 0 Å². The van der Waals surface area contributed by atoms with Gasteiger partial charge in [0.2, 0.25) is 0 Å². The van der Waals surface area contributed by atoms with E-state index in [9.17, 15) is 9.90 Å². The van der Waals surface area contributed by atoms with E-state index >= 15 is 0 Å². The van der Waals surface area contributed by atoms with Crippen LogP contribution in [0.2, 0.25) is 0 Å². The number of carbonyl (C=O) groups is 1. The zero-order valence-corrected chi connectivity index (χ0v) is 20.5. The number of aromatic nitrogens is 2. The van der Waals surface area contributed by atoms with Crippen molar-refractivity contribution < 1.29 is 19.4 Å². The number of hydrogen-bond acceptors (Lipinski definition) is 5. The van der Waals surface area contributed by atoms with E-state index in [0.29, 0.717) is 5.92 Å². The van der Waals surface area contributed by atoms with Crippen LogP contribution in [0.4, 0.5) is 0 Å². The fraction of sp³-hybridized carbons (Fsp3) is 0.259. The summed E-state index contributed by atoms with van der Waals surface area (Å²) < 4.78 is 10.7. The minimum atomic E-state index is -0.840. The molecular weight excluding hydrogens is 448 g/mol. The maximum atomic E-state index is 11.4. The van der Waals surface area contributed by atoms with E-state index in [1.807, 2.05) is 54.7 Å². The Labute approximate surface area is 203 Å². The molecule has 0 atom stereocenters. The van der Waals surface area contributed by atoms with Crippen LogP contribution in [-0.2, 0) is 17.6 Å². The molecule has 0 saturated carbocycles. The second-order valence-electron chi connectivity index (χ2n) is 8.49. The molecule has 2 heterocycles. The molecule has 4 rings (SSSR count). The first-order chi connectivity index (χ1) is 16.4. The fourth-order valence-corrected chi connectivity index (χ4v) is 5.09. The Balaban J connectivity index is 1.86. The molecule has 2 aromatic carbocycles. The van der Waals surface area contributed by atoms with Crippen LogP contribution >= 0.6 is 11.3 Å². The van der Waals surface area contributed by atoms with Gasteiger partial charge in [0.1, 0.15) is 16.5 Å². The Morgan fingerprint density at radius 2 is 1.59 bits per heavy atom. The molecule has 2 N–H and O–H groups in total. The maximum Gasteiger partial charge on any atom is 0.307 e. The summed E-state index contributed by atoms with van der Waals surface area (Å²) in [6, 6.07) is 15.8. The highest BCUT2D eigenvalue weighted by Gasteiger charge is 2.22. The summed E-state index contributed by atoms with van der Waals surface area (Å²) in [7, 11) is 3.30. The average molecular weight is 477 g/mol. The molecule has 0 aliphatic rings. The number of methoxy groups -OCH3 is 2. The number of rotatable bonds is 9. The number of carboxylic acids is 1. The number of H-pyrrole nitrogens is 1. The summed E-state index contributed by atoms with van der Waals surface area (Å²) in [6.07, 6.45) is 2.57. The van der Waals surface area contributed by atoms with E-state index in [1.165, 1.54) is 0 Å². The largest absolute Gasteiger partial charge is 0.497 e. The normalized spacial score (nSPS) is 11.1. The number of aromatic amines is 1. The average Bonchev–Trinajstić information content (AvgIpc) is 3.43. The Hall–Kier alpha value is -3.58. The van der Waals surface area contributed by atoms with Gasteiger partial charge in [0.15, 0.2) is 0 Å². The smallest absolute Gasteiger partial charge is 0.307 e. The van der Waals surface area contributed by atoms with Gasteiger partial charge in [0.25, 0.3) is 0 Å². The minimum Gasteiger partial charge on any atom is -0.497 e. The Morgan fingerprint density at radius 3 is 2.12 bits per heavy atom. The lowest BCUT2D eigenvalue weighted by atomic mass is 9.98. The van der Waals surface area contributed by atoms with Gasteiger partial charge in [0, 0.05) is 11.8 Å². The van der Waals surface area contributed by atoms with Gasteiger partial charge in [-0.2, -0.15) is 0 Å². The molecule has 4 aromatic rings. The predicted octanol–water partition coefficient (Wildman–Crippen LogP) is 6.32. The third-order valence-corrected chi connectivity index (χ3v) is 6.71. The monoisotopic (exact) mass is 476 g/mol. The van der Waals surface area contributed by atoms with E-state index in [2.05, 4.69) is 18.8 Å². The molecule has 0 aliphatic heterocycles. The van der Waals surface area contributed by atoms with Crippen molar-refractivity contribution in [2.75, 3.05) is 14.2 Å².